The second-order valence-electron chi connectivity index (χ2n) is 2.87. The summed E-state index contributed by atoms with van der Waals surface area (Å²) in [6, 6.07) is 3.17. The number of Topliss-reactive ketones (excluding diaryl/α,β-unsaturated/α-hetero) is 1. The Morgan fingerprint density at radius 1 is 1.46 bits per heavy atom. The second kappa shape index (κ2) is 3.92. The van der Waals surface area contributed by atoms with Gasteiger partial charge in [0.2, 0.25) is 0 Å². The highest BCUT2D eigenvalue weighted by Crippen LogP contribution is 2.23. The van der Waals surface area contributed by atoms with Crippen LogP contribution in [-0.4, -0.2) is 12.0 Å². The molecule has 0 atom stereocenters. The van der Waals surface area contributed by atoms with Gasteiger partial charge in [0.05, 0.1) is 0 Å². The van der Waals surface area contributed by atoms with Gasteiger partial charge in [0.15, 0.2) is 5.78 Å². The van der Waals surface area contributed by atoms with Crippen LogP contribution in [0.1, 0.15) is 22.8 Å². The van der Waals surface area contributed by atoms with Gasteiger partial charge < -0.3 is 0 Å². The Morgan fingerprint density at radius 3 is 2.54 bits per heavy atom. The first-order valence-electron chi connectivity index (χ1n) is 3.91. The van der Waals surface area contributed by atoms with Gasteiger partial charge in [-0.1, -0.05) is 0 Å². The molecule has 0 N–H and O–H groups in total. The maximum Gasteiger partial charge on any atom is 0.159 e. The van der Waals surface area contributed by atoms with Crippen molar-refractivity contribution in [1.29, 1.82) is 0 Å². The van der Waals surface area contributed by atoms with Gasteiger partial charge in [0.1, 0.15) is 5.82 Å². The molecular formula is C10H11FOS. The van der Waals surface area contributed by atoms with E-state index in [1.165, 1.54) is 18.7 Å². The molecule has 1 rings (SSSR count). The largest absolute Gasteiger partial charge is 0.295 e. The lowest BCUT2D eigenvalue weighted by molar-refractivity contribution is 0.101. The first kappa shape index (κ1) is 10.3. The Kier molecular flexibility index (Phi) is 3.09. The summed E-state index contributed by atoms with van der Waals surface area (Å²) in [5.41, 5.74) is 1.10. The summed E-state index contributed by atoms with van der Waals surface area (Å²) < 4.78 is 13.3. The van der Waals surface area contributed by atoms with Crippen molar-refractivity contribution in [3.63, 3.8) is 0 Å². The van der Waals surface area contributed by atoms with Crippen LogP contribution in [0.2, 0.25) is 0 Å². The monoisotopic (exact) mass is 198 g/mol. The highest BCUT2D eigenvalue weighted by atomic mass is 32.2. The van der Waals surface area contributed by atoms with E-state index in [-0.39, 0.29) is 11.6 Å². The molecule has 0 saturated heterocycles. The number of benzene rings is 1. The van der Waals surface area contributed by atoms with Gasteiger partial charge in [-0.25, -0.2) is 4.39 Å². The van der Waals surface area contributed by atoms with Crippen LogP contribution in [-0.2, 0) is 0 Å². The van der Waals surface area contributed by atoms with E-state index in [1.54, 1.807) is 25.3 Å². The van der Waals surface area contributed by atoms with E-state index >= 15 is 0 Å². The normalized spacial score (nSPS) is 10.2. The van der Waals surface area contributed by atoms with Gasteiger partial charge in [-0.15, -0.1) is 11.8 Å². The fourth-order valence-electron chi connectivity index (χ4n) is 1.09. The van der Waals surface area contributed by atoms with E-state index in [0.717, 1.165) is 0 Å². The minimum atomic E-state index is -0.225. The summed E-state index contributed by atoms with van der Waals surface area (Å²) >= 11 is 1.31. The minimum absolute atomic E-state index is 0.0293. The van der Waals surface area contributed by atoms with Crippen LogP contribution in [0.15, 0.2) is 17.0 Å². The van der Waals surface area contributed by atoms with Crippen LogP contribution in [0.25, 0.3) is 0 Å². The van der Waals surface area contributed by atoms with E-state index in [4.69, 9.17) is 0 Å². The first-order valence-corrected chi connectivity index (χ1v) is 5.13. The van der Waals surface area contributed by atoms with Gasteiger partial charge in [-0.3, -0.25) is 4.79 Å². The quantitative estimate of drug-likeness (QED) is 0.536. The lowest BCUT2D eigenvalue weighted by Gasteiger charge is -2.05. The number of rotatable bonds is 2. The van der Waals surface area contributed by atoms with Crippen LogP contribution in [0.5, 0.6) is 0 Å². The van der Waals surface area contributed by atoms with Crippen LogP contribution in [0.3, 0.4) is 0 Å². The van der Waals surface area contributed by atoms with E-state index in [1.807, 2.05) is 0 Å². The topological polar surface area (TPSA) is 17.1 Å². The Morgan fingerprint density at radius 2 is 2.08 bits per heavy atom. The number of carbonyl (C=O) groups excluding carboxylic acids is 1. The van der Waals surface area contributed by atoms with Crippen molar-refractivity contribution in [2.45, 2.75) is 18.7 Å². The number of halogens is 1. The lowest BCUT2D eigenvalue weighted by Crippen LogP contribution is -1.96. The highest BCUT2D eigenvalue weighted by molar-refractivity contribution is 7.98. The minimum Gasteiger partial charge on any atom is -0.295 e. The molecule has 13 heavy (non-hydrogen) atoms. The number of thioether (sulfide) groups is 1. The van der Waals surface area contributed by atoms with E-state index < -0.39 is 0 Å². The van der Waals surface area contributed by atoms with E-state index in [2.05, 4.69) is 0 Å². The number of carbonyl (C=O) groups is 1. The molecule has 0 amide bonds. The molecule has 1 aromatic carbocycles. The predicted octanol–water partition coefficient (Wildman–Crippen LogP) is 3.06. The molecule has 0 spiro atoms. The molecule has 0 unspecified atom stereocenters. The third-order valence-corrected chi connectivity index (χ3v) is 2.58. The van der Waals surface area contributed by atoms with Crippen molar-refractivity contribution < 1.29 is 9.18 Å². The fraction of sp³-hybridized carbons (Fsp3) is 0.300. The van der Waals surface area contributed by atoms with Crippen molar-refractivity contribution in [3.8, 4) is 0 Å². The molecule has 0 aliphatic carbocycles. The molecule has 70 valence electrons. The highest BCUT2D eigenvalue weighted by Gasteiger charge is 2.08. The zero-order valence-electron chi connectivity index (χ0n) is 7.85. The van der Waals surface area contributed by atoms with Crippen molar-refractivity contribution >= 4 is 17.5 Å². The molecule has 0 heterocycles. The van der Waals surface area contributed by atoms with E-state index in [0.29, 0.717) is 16.0 Å². The zero-order chi connectivity index (χ0) is 10.0. The molecule has 1 nitrogen and oxygen atoms in total. The molecule has 0 radical (unpaired) electrons. The Labute approximate surface area is 81.3 Å². The molecule has 1 aromatic rings. The van der Waals surface area contributed by atoms with E-state index in [9.17, 15) is 9.18 Å². The average Bonchev–Trinajstić information content (AvgIpc) is 2.09. The Hall–Kier alpha value is -0.830. The number of hydrogen-bond acceptors (Lipinski definition) is 2. The van der Waals surface area contributed by atoms with Gasteiger partial charge in [0, 0.05) is 10.5 Å². The lowest BCUT2D eigenvalue weighted by atomic mass is 10.1. The van der Waals surface area contributed by atoms with Gasteiger partial charge in [-0.2, -0.15) is 0 Å². The third-order valence-electron chi connectivity index (χ3n) is 1.85. The number of hydrogen-bond donors (Lipinski definition) is 0. The summed E-state index contributed by atoms with van der Waals surface area (Å²) in [6.07, 6.45) is 1.79. The number of ketones is 1. The summed E-state index contributed by atoms with van der Waals surface area (Å²) in [6.45, 7) is 3.15. The Balaban J connectivity index is 3.30. The summed E-state index contributed by atoms with van der Waals surface area (Å²) in [4.78, 5) is 11.6. The molecule has 0 saturated carbocycles. The molecule has 3 heteroatoms. The van der Waals surface area contributed by atoms with Crippen LogP contribution in [0, 0.1) is 12.7 Å². The Bertz CT molecular complexity index is 347. The molecule has 0 fully saturated rings. The van der Waals surface area contributed by atoms with Crippen molar-refractivity contribution in [2.75, 3.05) is 6.26 Å². The second-order valence-corrected chi connectivity index (χ2v) is 3.71. The summed E-state index contributed by atoms with van der Waals surface area (Å²) in [7, 11) is 0. The molecule has 0 aliphatic heterocycles. The smallest absolute Gasteiger partial charge is 0.159 e. The molecular weight excluding hydrogens is 187 g/mol. The van der Waals surface area contributed by atoms with Gasteiger partial charge in [0.25, 0.3) is 0 Å². The van der Waals surface area contributed by atoms with Crippen LogP contribution in [0.4, 0.5) is 4.39 Å². The fourth-order valence-corrected chi connectivity index (χ4v) is 1.67. The summed E-state index contributed by atoms with van der Waals surface area (Å²) in [5.74, 6) is -0.254. The van der Waals surface area contributed by atoms with Crippen molar-refractivity contribution in [1.82, 2.24) is 0 Å². The van der Waals surface area contributed by atoms with Crippen LogP contribution < -0.4 is 0 Å². The standard InChI is InChI=1S/C10H11FOS/c1-6-4-8(7(2)12)5-9(13-3)10(6)11/h4-5H,1-3H3. The third kappa shape index (κ3) is 2.10. The number of aryl methyl sites for hydroxylation is 1. The van der Waals surface area contributed by atoms with Crippen LogP contribution >= 0.6 is 11.8 Å². The maximum absolute atomic E-state index is 13.3. The summed E-state index contributed by atoms with van der Waals surface area (Å²) in [5, 5.41) is 0. The maximum atomic E-state index is 13.3. The molecule has 0 bridgehead atoms. The van der Waals surface area contributed by atoms with Gasteiger partial charge >= 0.3 is 0 Å². The average molecular weight is 198 g/mol. The zero-order valence-corrected chi connectivity index (χ0v) is 8.67. The first-order chi connectivity index (χ1) is 6.06. The SMILES string of the molecule is CSc1cc(C(C)=O)cc(C)c1F. The predicted molar refractivity (Wildman–Crippen MR) is 52.9 cm³/mol. The van der Waals surface area contributed by atoms with Gasteiger partial charge in [-0.05, 0) is 37.8 Å². The molecule has 0 aliphatic rings. The van der Waals surface area contributed by atoms with Crippen molar-refractivity contribution in [2.24, 2.45) is 0 Å². The molecule has 0 aromatic heterocycles. The van der Waals surface area contributed by atoms with Crippen molar-refractivity contribution in [3.05, 3.63) is 29.1 Å².